The van der Waals surface area contributed by atoms with Crippen LogP contribution in [-0.4, -0.2) is 19.5 Å². The topological polar surface area (TPSA) is 35.5 Å². The molecule has 1 aliphatic rings. The summed E-state index contributed by atoms with van der Waals surface area (Å²) in [6.45, 7) is 0.568. The van der Waals surface area contributed by atoms with Crippen LogP contribution in [0.4, 0.5) is 0 Å². The number of hydrogen-bond donors (Lipinski definition) is 0. The number of methoxy groups -OCH3 is 1. The molecular weight excluding hydrogens is 216 g/mol. The Balaban J connectivity index is 1.71. The van der Waals surface area contributed by atoms with Gasteiger partial charge in [-0.3, -0.25) is 4.79 Å². The Morgan fingerprint density at radius 3 is 2.65 bits per heavy atom. The molecule has 3 nitrogen and oxygen atoms in total. The molecule has 0 N–H and O–H groups in total. The minimum atomic E-state index is 0.362. The lowest BCUT2D eigenvalue weighted by Crippen LogP contribution is -2.05. The molecule has 0 bridgehead atoms. The number of ether oxygens (including phenoxy) is 2. The number of hydrogen-bond acceptors (Lipinski definition) is 3. The first-order valence-corrected chi connectivity index (χ1v) is 6.10. The third kappa shape index (κ3) is 3.48. The van der Waals surface area contributed by atoms with E-state index >= 15 is 0 Å². The van der Waals surface area contributed by atoms with Gasteiger partial charge in [-0.15, -0.1) is 0 Å². The number of para-hydroxylation sites is 2. The van der Waals surface area contributed by atoms with E-state index in [2.05, 4.69) is 0 Å². The van der Waals surface area contributed by atoms with Gasteiger partial charge < -0.3 is 9.47 Å². The quantitative estimate of drug-likeness (QED) is 0.680. The highest BCUT2D eigenvalue weighted by Crippen LogP contribution is 2.31. The molecule has 92 valence electrons. The highest BCUT2D eigenvalue weighted by Gasteiger charge is 2.28. The minimum Gasteiger partial charge on any atom is -0.493 e. The van der Waals surface area contributed by atoms with E-state index in [1.807, 2.05) is 24.3 Å². The minimum absolute atomic E-state index is 0.362. The largest absolute Gasteiger partial charge is 0.493 e. The molecule has 2 rings (SSSR count). The van der Waals surface area contributed by atoms with E-state index in [0.29, 0.717) is 24.7 Å². The summed E-state index contributed by atoms with van der Waals surface area (Å²) in [5.74, 6) is 2.24. The Labute approximate surface area is 102 Å². The molecule has 1 aromatic rings. The first-order chi connectivity index (χ1) is 8.31. The zero-order valence-corrected chi connectivity index (χ0v) is 10.1. The molecule has 1 fully saturated rings. The van der Waals surface area contributed by atoms with Crippen LogP contribution in [0.25, 0.3) is 0 Å². The Morgan fingerprint density at radius 1 is 1.29 bits per heavy atom. The summed E-state index contributed by atoms with van der Waals surface area (Å²) in [6.07, 6.45) is 3.60. The molecule has 0 radical (unpaired) electrons. The first kappa shape index (κ1) is 12.0. The molecule has 0 heterocycles. The molecule has 1 aliphatic carbocycles. The molecule has 1 saturated carbocycles. The summed E-state index contributed by atoms with van der Waals surface area (Å²) in [7, 11) is 1.62. The second-order valence-corrected chi connectivity index (χ2v) is 4.34. The van der Waals surface area contributed by atoms with Gasteiger partial charge >= 0.3 is 0 Å². The number of ketones is 1. The Bertz CT molecular complexity index is 383. The summed E-state index contributed by atoms with van der Waals surface area (Å²) in [5, 5.41) is 0. The standard InChI is InChI=1S/C14H18O3/c1-16-13-6-2-3-7-14(13)17-10-4-5-12(15)11-8-9-11/h2-3,6-7,11H,4-5,8-10H2,1H3. The lowest BCUT2D eigenvalue weighted by atomic mass is 10.1. The van der Waals surface area contributed by atoms with E-state index in [1.54, 1.807) is 7.11 Å². The maximum atomic E-state index is 11.5. The van der Waals surface area contributed by atoms with Crippen molar-refractivity contribution in [2.75, 3.05) is 13.7 Å². The van der Waals surface area contributed by atoms with Crippen molar-refractivity contribution in [3.05, 3.63) is 24.3 Å². The van der Waals surface area contributed by atoms with Crippen molar-refractivity contribution in [3.8, 4) is 11.5 Å². The fourth-order valence-electron chi connectivity index (χ4n) is 1.78. The maximum absolute atomic E-state index is 11.5. The van der Waals surface area contributed by atoms with E-state index < -0.39 is 0 Å². The van der Waals surface area contributed by atoms with Gasteiger partial charge in [-0.05, 0) is 31.4 Å². The van der Waals surface area contributed by atoms with Crippen molar-refractivity contribution < 1.29 is 14.3 Å². The van der Waals surface area contributed by atoms with E-state index in [4.69, 9.17) is 9.47 Å². The van der Waals surface area contributed by atoms with Gasteiger partial charge in [-0.2, -0.15) is 0 Å². The Morgan fingerprint density at radius 2 is 2.00 bits per heavy atom. The van der Waals surface area contributed by atoms with Gasteiger partial charge in [-0.1, -0.05) is 12.1 Å². The monoisotopic (exact) mass is 234 g/mol. The molecule has 1 aromatic carbocycles. The van der Waals surface area contributed by atoms with Crippen LogP contribution in [0.1, 0.15) is 25.7 Å². The van der Waals surface area contributed by atoms with Gasteiger partial charge in [0.1, 0.15) is 5.78 Å². The molecule has 0 amide bonds. The van der Waals surface area contributed by atoms with E-state index in [0.717, 1.165) is 30.8 Å². The Kier molecular flexibility index (Phi) is 4.02. The average Bonchev–Trinajstić information content (AvgIpc) is 3.19. The number of benzene rings is 1. The number of carbonyl (C=O) groups is 1. The van der Waals surface area contributed by atoms with Crippen LogP contribution in [0.5, 0.6) is 11.5 Å². The second-order valence-electron chi connectivity index (χ2n) is 4.34. The van der Waals surface area contributed by atoms with Gasteiger partial charge in [-0.25, -0.2) is 0 Å². The van der Waals surface area contributed by atoms with E-state index in [1.165, 1.54) is 0 Å². The van der Waals surface area contributed by atoms with E-state index in [9.17, 15) is 4.79 Å². The summed E-state index contributed by atoms with van der Waals surface area (Å²) < 4.78 is 10.8. The van der Waals surface area contributed by atoms with Crippen molar-refractivity contribution in [1.82, 2.24) is 0 Å². The SMILES string of the molecule is COc1ccccc1OCCCC(=O)C1CC1. The van der Waals surface area contributed by atoms with Crippen molar-refractivity contribution in [2.24, 2.45) is 5.92 Å². The van der Waals surface area contributed by atoms with Crippen molar-refractivity contribution in [2.45, 2.75) is 25.7 Å². The van der Waals surface area contributed by atoms with Crippen molar-refractivity contribution in [1.29, 1.82) is 0 Å². The van der Waals surface area contributed by atoms with Crippen molar-refractivity contribution in [3.63, 3.8) is 0 Å². The van der Waals surface area contributed by atoms with Gasteiger partial charge in [0.25, 0.3) is 0 Å². The molecule has 0 aromatic heterocycles. The van der Waals surface area contributed by atoms with Crippen LogP contribution in [0, 0.1) is 5.92 Å². The lowest BCUT2D eigenvalue weighted by Gasteiger charge is -2.09. The predicted molar refractivity (Wildman–Crippen MR) is 65.5 cm³/mol. The number of Topliss-reactive ketones (excluding diaryl/α,β-unsaturated/α-hetero) is 1. The molecule has 17 heavy (non-hydrogen) atoms. The fraction of sp³-hybridized carbons (Fsp3) is 0.500. The van der Waals surface area contributed by atoms with Crippen molar-refractivity contribution >= 4 is 5.78 Å². The van der Waals surface area contributed by atoms with Gasteiger partial charge in [0, 0.05) is 12.3 Å². The number of carbonyl (C=O) groups excluding carboxylic acids is 1. The zero-order valence-electron chi connectivity index (χ0n) is 10.1. The van der Waals surface area contributed by atoms with Gasteiger partial charge in [0.2, 0.25) is 0 Å². The average molecular weight is 234 g/mol. The molecular formula is C14H18O3. The van der Waals surface area contributed by atoms with Crippen LogP contribution in [0.15, 0.2) is 24.3 Å². The van der Waals surface area contributed by atoms with Gasteiger partial charge in [0.05, 0.1) is 13.7 Å². The Hall–Kier alpha value is -1.51. The van der Waals surface area contributed by atoms with Crippen LogP contribution in [-0.2, 0) is 4.79 Å². The maximum Gasteiger partial charge on any atom is 0.161 e. The molecule has 0 atom stereocenters. The normalized spacial score (nSPS) is 14.4. The summed E-state index contributed by atoms with van der Waals surface area (Å²) in [5.41, 5.74) is 0. The lowest BCUT2D eigenvalue weighted by molar-refractivity contribution is -0.120. The molecule has 0 spiro atoms. The highest BCUT2D eigenvalue weighted by molar-refractivity contribution is 5.83. The molecule has 0 saturated heterocycles. The number of rotatable bonds is 7. The van der Waals surface area contributed by atoms with E-state index in [-0.39, 0.29) is 0 Å². The summed E-state index contributed by atoms with van der Waals surface area (Å²) in [6, 6.07) is 7.56. The molecule has 0 aliphatic heterocycles. The smallest absolute Gasteiger partial charge is 0.161 e. The molecule has 0 unspecified atom stereocenters. The summed E-state index contributed by atoms with van der Waals surface area (Å²) >= 11 is 0. The molecule has 3 heteroatoms. The second kappa shape index (κ2) is 5.71. The predicted octanol–water partition coefficient (Wildman–Crippen LogP) is 2.83. The van der Waals surface area contributed by atoms with Gasteiger partial charge in [0.15, 0.2) is 11.5 Å². The zero-order chi connectivity index (χ0) is 12.1. The third-order valence-electron chi connectivity index (χ3n) is 2.93. The summed E-state index contributed by atoms with van der Waals surface area (Å²) in [4.78, 5) is 11.5. The van der Waals surface area contributed by atoms with Crippen LogP contribution < -0.4 is 9.47 Å². The van der Waals surface area contributed by atoms with Crippen LogP contribution in [0.3, 0.4) is 0 Å². The first-order valence-electron chi connectivity index (χ1n) is 6.10. The highest BCUT2D eigenvalue weighted by atomic mass is 16.5. The third-order valence-corrected chi connectivity index (χ3v) is 2.93. The van der Waals surface area contributed by atoms with Crippen LogP contribution in [0.2, 0.25) is 0 Å². The van der Waals surface area contributed by atoms with Crippen LogP contribution >= 0.6 is 0 Å². The fourth-order valence-corrected chi connectivity index (χ4v) is 1.78.